The van der Waals surface area contributed by atoms with E-state index in [0.717, 1.165) is 11.1 Å². The van der Waals surface area contributed by atoms with E-state index >= 15 is 0 Å². The van der Waals surface area contributed by atoms with Gasteiger partial charge in [-0.15, -0.1) is 0 Å². The Kier molecular flexibility index (Phi) is 4.61. The van der Waals surface area contributed by atoms with Gasteiger partial charge in [0.2, 0.25) is 0 Å². The number of benzene rings is 2. The fraction of sp³-hybridized carbons (Fsp3) is 0.261. The molecule has 0 aliphatic carbocycles. The van der Waals surface area contributed by atoms with Crippen molar-refractivity contribution in [3.8, 4) is 11.8 Å². The van der Waals surface area contributed by atoms with Gasteiger partial charge in [-0.2, -0.15) is 0 Å². The molecule has 1 heterocycles. The van der Waals surface area contributed by atoms with Gasteiger partial charge in [0.1, 0.15) is 0 Å². The number of carboxylic acids is 1. The average molecular weight is 345 g/mol. The molecule has 1 aliphatic heterocycles. The summed E-state index contributed by atoms with van der Waals surface area (Å²) < 4.78 is 0. The summed E-state index contributed by atoms with van der Waals surface area (Å²) in [6.45, 7) is 8.78. The third-order valence-electron chi connectivity index (χ3n) is 4.66. The number of hydrogen-bond acceptors (Lipinski definition) is 2. The lowest BCUT2D eigenvalue weighted by molar-refractivity contribution is 0.0697. The van der Waals surface area contributed by atoms with Crippen molar-refractivity contribution < 1.29 is 9.90 Å². The zero-order valence-electron chi connectivity index (χ0n) is 15.6. The zero-order valence-corrected chi connectivity index (χ0v) is 15.6. The Hall–Kier alpha value is -2.99. The summed E-state index contributed by atoms with van der Waals surface area (Å²) in [5.74, 6) is 5.40. The van der Waals surface area contributed by atoms with Crippen LogP contribution in [0.4, 0.5) is 5.69 Å². The SMILES string of the molecule is CC(C)N1C=CC(C)(C)c2cc(C#Cc3ccc(C(=O)O)cc3)ccc21. The molecular formula is C23H23NO2. The van der Waals surface area contributed by atoms with Crippen LogP contribution in [0.2, 0.25) is 0 Å². The highest BCUT2D eigenvalue weighted by atomic mass is 16.4. The van der Waals surface area contributed by atoms with Crippen LogP contribution in [0.5, 0.6) is 0 Å². The Labute approximate surface area is 155 Å². The number of fused-ring (bicyclic) bond motifs is 1. The van der Waals surface area contributed by atoms with Crippen molar-refractivity contribution >= 4 is 11.7 Å². The van der Waals surface area contributed by atoms with E-state index in [4.69, 9.17) is 5.11 Å². The summed E-state index contributed by atoms with van der Waals surface area (Å²) in [5.41, 5.74) is 4.48. The number of allylic oxidation sites excluding steroid dienone is 1. The van der Waals surface area contributed by atoms with E-state index < -0.39 is 5.97 Å². The standard InChI is InChI=1S/C23H23NO2/c1-16(2)24-14-13-23(3,4)20-15-18(9-12-21(20)24)6-5-17-7-10-19(11-8-17)22(25)26/h7-16H,1-4H3,(H,25,26). The maximum absolute atomic E-state index is 10.9. The Morgan fingerprint density at radius 3 is 2.27 bits per heavy atom. The van der Waals surface area contributed by atoms with Crippen LogP contribution in [0.15, 0.2) is 54.7 Å². The molecule has 0 amide bonds. The summed E-state index contributed by atoms with van der Waals surface area (Å²) in [5, 5.41) is 8.96. The first-order valence-corrected chi connectivity index (χ1v) is 8.75. The first kappa shape index (κ1) is 17.8. The minimum absolute atomic E-state index is 0.0401. The van der Waals surface area contributed by atoms with Crippen molar-refractivity contribution in [3.63, 3.8) is 0 Å². The first-order valence-electron chi connectivity index (χ1n) is 8.75. The van der Waals surface area contributed by atoms with Crippen molar-refractivity contribution in [1.82, 2.24) is 0 Å². The molecule has 0 radical (unpaired) electrons. The van der Waals surface area contributed by atoms with E-state index in [0.29, 0.717) is 6.04 Å². The molecular weight excluding hydrogens is 322 g/mol. The summed E-state index contributed by atoms with van der Waals surface area (Å²) in [6, 6.07) is 13.4. The van der Waals surface area contributed by atoms with Crippen molar-refractivity contribution in [3.05, 3.63) is 77.0 Å². The van der Waals surface area contributed by atoms with Crippen molar-refractivity contribution in [2.45, 2.75) is 39.2 Å². The van der Waals surface area contributed by atoms with Crippen LogP contribution >= 0.6 is 0 Å². The van der Waals surface area contributed by atoms with Gasteiger partial charge in [0.15, 0.2) is 0 Å². The Morgan fingerprint density at radius 2 is 1.65 bits per heavy atom. The van der Waals surface area contributed by atoms with Gasteiger partial charge in [0.05, 0.1) is 5.56 Å². The van der Waals surface area contributed by atoms with Crippen LogP contribution in [0, 0.1) is 11.8 Å². The number of nitrogens with zero attached hydrogens (tertiary/aromatic N) is 1. The number of rotatable bonds is 2. The maximum atomic E-state index is 10.9. The quantitative estimate of drug-likeness (QED) is 0.795. The molecule has 1 aliphatic rings. The molecule has 0 unspecified atom stereocenters. The smallest absolute Gasteiger partial charge is 0.335 e. The highest BCUT2D eigenvalue weighted by Crippen LogP contribution is 2.38. The summed E-state index contributed by atoms with van der Waals surface area (Å²) in [7, 11) is 0. The van der Waals surface area contributed by atoms with E-state index in [2.05, 4.69) is 68.8 Å². The van der Waals surface area contributed by atoms with Gasteiger partial charge in [-0.25, -0.2) is 4.79 Å². The predicted octanol–water partition coefficient (Wildman–Crippen LogP) is 4.80. The molecule has 3 heteroatoms. The second-order valence-corrected chi connectivity index (χ2v) is 7.40. The first-order chi connectivity index (χ1) is 12.3. The third kappa shape index (κ3) is 3.50. The van der Waals surface area contributed by atoms with Gasteiger partial charge >= 0.3 is 5.97 Å². The number of anilines is 1. The molecule has 2 aromatic carbocycles. The van der Waals surface area contributed by atoms with Crippen LogP contribution in [0.3, 0.4) is 0 Å². The number of hydrogen-bond donors (Lipinski definition) is 1. The Balaban J connectivity index is 1.94. The van der Waals surface area contributed by atoms with Gasteiger partial charge in [-0.1, -0.05) is 31.8 Å². The highest BCUT2D eigenvalue weighted by Gasteiger charge is 2.28. The molecule has 26 heavy (non-hydrogen) atoms. The Morgan fingerprint density at radius 1 is 1.04 bits per heavy atom. The van der Waals surface area contributed by atoms with Crippen molar-refractivity contribution in [2.24, 2.45) is 0 Å². The minimum atomic E-state index is -0.927. The van der Waals surface area contributed by atoms with Gasteiger partial charge < -0.3 is 10.0 Å². The molecule has 132 valence electrons. The largest absolute Gasteiger partial charge is 0.478 e. The van der Waals surface area contributed by atoms with Crippen molar-refractivity contribution in [2.75, 3.05) is 4.90 Å². The summed E-state index contributed by atoms with van der Waals surface area (Å²) in [6.07, 6.45) is 4.40. The van der Waals surface area contributed by atoms with Gasteiger partial charge in [0.25, 0.3) is 0 Å². The van der Waals surface area contributed by atoms with E-state index in [1.165, 1.54) is 11.3 Å². The topological polar surface area (TPSA) is 40.5 Å². The van der Waals surface area contributed by atoms with E-state index in [-0.39, 0.29) is 11.0 Å². The molecule has 0 aromatic heterocycles. The molecule has 0 saturated heterocycles. The molecule has 1 N–H and O–H groups in total. The molecule has 0 saturated carbocycles. The predicted molar refractivity (Wildman–Crippen MR) is 106 cm³/mol. The van der Waals surface area contributed by atoms with Gasteiger partial charge in [-0.3, -0.25) is 0 Å². The number of carboxylic acid groups (broad SMARTS) is 1. The fourth-order valence-corrected chi connectivity index (χ4v) is 3.08. The number of aromatic carboxylic acids is 1. The normalized spacial score (nSPS) is 14.6. The molecule has 0 fully saturated rings. The van der Waals surface area contributed by atoms with E-state index in [9.17, 15) is 4.79 Å². The monoisotopic (exact) mass is 345 g/mol. The lowest BCUT2D eigenvalue weighted by Crippen LogP contribution is -2.32. The molecule has 3 rings (SSSR count). The number of carbonyl (C=O) groups is 1. The lowest BCUT2D eigenvalue weighted by atomic mass is 9.80. The molecule has 0 spiro atoms. The molecule has 2 aromatic rings. The lowest BCUT2D eigenvalue weighted by Gasteiger charge is -2.37. The molecule has 3 nitrogen and oxygen atoms in total. The van der Waals surface area contributed by atoms with Crippen molar-refractivity contribution in [1.29, 1.82) is 0 Å². The highest BCUT2D eigenvalue weighted by molar-refractivity contribution is 5.87. The van der Waals surface area contributed by atoms with Gasteiger partial charge in [0, 0.05) is 34.5 Å². The zero-order chi connectivity index (χ0) is 18.9. The van der Waals surface area contributed by atoms with E-state index in [1.54, 1.807) is 24.3 Å². The summed E-state index contributed by atoms with van der Waals surface area (Å²) >= 11 is 0. The van der Waals surface area contributed by atoms with Gasteiger partial charge in [-0.05, 0) is 61.9 Å². The second kappa shape index (κ2) is 6.72. The van der Waals surface area contributed by atoms with E-state index in [1.807, 2.05) is 6.07 Å². The second-order valence-electron chi connectivity index (χ2n) is 7.40. The fourth-order valence-electron chi connectivity index (χ4n) is 3.08. The van der Waals surface area contributed by atoms with Crippen LogP contribution < -0.4 is 4.90 Å². The molecule has 0 bridgehead atoms. The molecule has 0 atom stereocenters. The minimum Gasteiger partial charge on any atom is -0.478 e. The Bertz CT molecular complexity index is 925. The summed E-state index contributed by atoms with van der Waals surface area (Å²) in [4.78, 5) is 13.2. The maximum Gasteiger partial charge on any atom is 0.335 e. The van der Waals surface area contributed by atoms with Crippen LogP contribution in [-0.4, -0.2) is 17.1 Å². The average Bonchev–Trinajstić information content (AvgIpc) is 2.60. The van der Waals surface area contributed by atoms with Crippen LogP contribution in [-0.2, 0) is 5.41 Å². The third-order valence-corrected chi connectivity index (χ3v) is 4.66. The van der Waals surface area contributed by atoms with Crippen LogP contribution in [0.25, 0.3) is 0 Å². The van der Waals surface area contributed by atoms with Crippen LogP contribution in [0.1, 0.15) is 54.7 Å².